The van der Waals surface area contributed by atoms with Crippen molar-refractivity contribution >= 4 is 40.1 Å². The molecule has 1 heterocycles. The molecule has 2 aromatic carbocycles. The third-order valence-electron chi connectivity index (χ3n) is 3.55. The second kappa shape index (κ2) is 6.34. The lowest BCUT2D eigenvalue weighted by atomic mass is 10.0. The smallest absolute Gasteiger partial charge is 0.270 e. The number of fused-ring (bicyclic) bond motifs is 1. The fourth-order valence-electron chi connectivity index (χ4n) is 2.38. The van der Waals surface area contributed by atoms with Crippen molar-refractivity contribution in [2.24, 2.45) is 4.99 Å². The van der Waals surface area contributed by atoms with E-state index in [1.54, 1.807) is 12.1 Å². The summed E-state index contributed by atoms with van der Waals surface area (Å²) in [6.45, 7) is 3.85. The molecule has 0 spiro atoms. The van der Waals surface area contributed by atoms with Gasteiger partial charge in [-0.15, -0.1) is 0 Å². The number of rotatable bonds is 3. The van der Waals surface area contributed by atoms with Gasteiger partial charge in [0.25, 0.3) is 5.91 Å². The summed E-state index contributed by atoms with van der Waals surface area (Å²) in [6.07, 6.45) is 2.22. The lowest BCUT2D eigenvalue weighted by Gasteiger charge is -2.30. The largest absolute Gasteiger partial charge is 0.301 e. The molecule has 23 heavy (non-hydrogen) atoms. The number of nitrogens with one attached hydrogen (secondary N) is 1. The summed E-state index contributed by atoms with van der Waals surface area (Å²) in [5.41, 5.74) is 5.19. The van der Waals surface area contributed by atoms with Crippen LogP contribution < -0.4 is 5.43 Å². The monoisotopic (exact) mass is 370 g/mol. The number of hydrogen-bond acceptors (Lipinski definition) is 4. The molecule has 5 nitrogen and oxygen atoms in total. The van der Waals surface area contributed by atoms with Gasteiger partial charge in [-0.3, -0.25) is 15.2 Å². The number of para-hydroxylation sites is 1. The predicted molar refractivity (Wildman–Crippen MR) is 91.3 cm³/mol. The molecule has 6 heteroatoms. The molecule has 0 bridgehead atoms. The van der Waals surface area contributed by atoms with Crippen LogP contribution in [-0.2, 0) is 4.79 Å². The Balaban J connectivity index is 1.87. The van der Waals surface area contributed by atoms with Gasteiger partial charge in [-0.1, -0.05) is 40.2 Å². The van der Waals surface area contributed by atoms with Gasteiger partial charge in [0.15, 0.2) is 0 Å². The Morgan fingerprint density at radius 3 is 2.87 bits per heavy atom. The first kappa shape index (κ1) is 15.4. The maximum atomic E-state index is 12.5. The fourth-order valence-corrected chi connectivity index (χ4v) is 2.74. The molecule has 1 radical (unpaired) electrons. The van der Waals surface area contributed by atoms with E-state index in [-0.39, 0.29) is 5.91 Å². The van der Waals surface area contributed by atoms with Gasteiger partial charge in [-0.05, 0) is 30.7 Å². The molecule has 0 saturated heterocycles. The van der Waals surface area contributed by atoms with Crippen LogP contribution in [0.25, 0.3) is 0 Å². The van der Waals surface area contributed by atoms with E-state index in [4.69, 9.17) is 0 Å². The average molecular weight is 371 g/mol. The van der Waals surface area contributed by atoms with Gasteiger partial charge >= 0.3 is 0 Å². The zero-order valence-electron chi connectivity index (χ0n) is 12.1. The number of nitrogens with zero attached hydrogens (tertiary/aromatic N) is 2. The lowest BCUT2D eigenvalue weighted by Crippen LogP contribution is -2.45. The average Bonchev–Trinajstić information content (AvgIpc) is 2.56. The fraction of sp³-hybridized carbons (Fsp3) is 0.0588. The van der Waals surface area contributed by atoms with Crippen LogP contribution in [0.4, 0.5) is 5.69 Å². The van der Waals surface area contributed by atoms with Crippen LogP contribution in [-0.4, -0.2) is 23.5 Å². The Hall–Kier alpha value is -2.47. The van der Waals surface area contributed by atoms with Crippen molar-refractivity contribution < 1.29 is 9.59 Å². The molecule has 1 amide bonds. The summed E-state index contributed by atoms with van der Waals surface area (Å²) >= 11 is 3.33. The number of halogens is 1. The summed E-state index contributed by atoms with van der Waals surface area (Å²) in [7, 11) is 0. The van der Waals surface area contributed by atoms with E-state index in [0.717, 1.165) is 22.0 Å². The van der Waals surface area contributed by atoms with Crippen molar-refractivity contribution in [3.63, 3.8) is 0 Å². The van der Waals surface area contributed by atoms with E-state index in [1.807, 2.05) is 30.3 Å². The van der Waals surface area contributed by atoms with Crippen molar-refractivity contribution in [2.45, 2.75) is 6.04 Å². The van der Waals surface area contributed by atoms with Gasteiger partial charge in [0.2, 0.25) is 0 Å². The van der Waals surface area contributed by atoms with Crippen LogP contribution in [0.1, 0.15) is 27.5 Å². The molecular formula is C17H13BrN3O2. The molecule has 0 saturated carbocycles. The first-order valence-electron chi connectivity index (χ1n) is 6.89. The quantitative estimate of drug-likeness (QED) is 0.843. The number of carbonyl (C=O) groups excluding carboxylic acids is 2. The molecule has 1 aliphatic heterocycles. The van der Waals surface area contributed by atoms with Crippen LogP contribution in [0.3, 0.4) is 0 Å². The van der Waals surface area contributed by atoms with Gasteiger partial charge in [-0.25, -0.2) is 4.99 Å². The van der Waals surface area contributed by atoms with E-state index in [0.29, 0.717) is 11.1 Å². The normalized spacial score (nSPS) is 15.9. The zero-order chi connectivity index (χ0) is 16.4. The molecule has 0 aromatic heterocycles. The second-order valence-electron chi connectivity index (χ2n) is 5.03. The highest BCUT2D eigenvalue weighted by atomic mass is 79.9. The first-order chi connectivity index (χ1) is 11.1. The number of amides is 1. The molecule has 1 unspecified atom stereocenters. The van der Waals surface area contributed by atoms with Gasteiger partial charge in [0, 0.05) is 15.6 Å². The molecular weight excluding hydrogens is 358 g/mol. The Kier molecular flexibility index (Phi) is 4.25. The van der Waals surface area contributed by atoms with Gasteiger partial charge in [0.1, 0.15) is 18.7 Å². The molecule has 1 N–H and O–H groups in total. The zero-order valence-corrected chi connectivity index (χ0v) is 13.7. The molecule has 1 atom stereocenters. The third-order valence-corrected chi connectivity index (χ3v) is 4.05. The predicted octanol–water partition coefficient (Wildman–Crippen LogP) is 3.19. The molecule has 0 fully saturated rings. The van der Waals surface area contributed by atoms with Crippen LogP contribution in [0.2, 0.25) is 0 Å². The minimum Gasteiger partial charge on any atom is -0.301 e. The van der Waals surface area contributed by atoms with Gasteiger partial charge in [0.05, 0.1) is 5.69 Å². The Bertz CT molecular complexity index is 804. The van der Waals surface area contributed by atoms with Crippen molar-refractivity contribution in [3.05, 3.63) is 70.6 Å². The summed E-state index contributed by atoms with van der Waals surface area (Å²) in [6, 6.07) is 11.9. The maximum Gasteiger partial charge on any atom is 0.270 e. The first-order valence-corrected chi connectivity index (χ1v) is 7.68. The molecule has 115 valence electrons. The Morgan fingerprint density at radius 2 is 2.09 bits per heavy atom. The minimum atomic E-state index is -0.618. The highest BCUT2D eigenvalue weighted by molar-refractivity contribution is 9.10. The number of hydrogen-bond donors (Lipinski definition) is 1. The number of benzene rings is 2. The van der Waals surface area contributed by atoms with E-state index in [9.17, 15) is 9.59 Å². The number of aliphatic imine (C=N–C) groups is 1. The Labute approximate surface area is 142 Å². The van der Waals surface area contributed by atoms with Crippen LogP contribution in [0.15, 0.2) is 51.9 Å². The molecule has 2 aromatic rings. The highest BCUT2D eigenvalue weighted by Gasteiger charge is 2.26. The van der Waals surface area contributed by atoms with Gasteiger partial charge < -0.3 is 4.79 Å². The molecule has 1 aliphatic rings. The maximum absolute atomic E-state index is 12.5. The van der Waals surface area contributed by atoms with Crippen molar-refractivity contribution in [1.29, 1.82) is 0 Å². The van der Waals surface area contributed by atoms with E-state index >= 15 is 0 Å². The third kappa shape index (κ3) is 3.03. The number of hydrazine groups is 1. The Morgan fingerprint density at radius 1 is 1.30 bits per heavy atom. The number of aldehydes is 1. The van der Waals surface area contributed by atoms with Gasteiger partial charge in [-0.2, -0.15) is 0 Å². The molecule has 3 rings (SSSR count). The van der Waals surface area contributed by atoms with Crippen molar-refractivity contribution in [3.8, 4) is 0 Å². The summed E-state index contributed by atoms with van der Waals surface area (Å²) in [5.74, 6) is -0.353. The van der Waals surface area contributed by atoms with Crippen molar-refractivity contribution in [1.82, 2.24) is 10.4 Å². The lowest BCUT2D eigenvalue weighted by molar-refractivity contribution is -0.111. The van der Waals surface area contributed by atoms with E-state index in [2.05, 4.69) is 33.3 Å². The standard InChI is InChI=1S/C17H13BrN3O2/c1-11-6-7-12(18)8-14(11)17(23)20-21-10-19-15-5-3-2-4-13(15)16(21)9-22/h2-10,16H,1H2,(H,20,23). The summed E-state index contributed by atoms with van der Waals surface area (Å²) in [5, 5.41) is 1.40. The van der Waals surface area contributed by atoms with Crippen LogP contribution >= 0.6 is 15.9 Å². The van der Waals surface area contributed by atoms with Crippen LogP contribution in [0, 0.1) is 6.92 Å². The SMILES string of the molecule is [CH2]c1ccc(Br)cc1C(=O)NN1C=Nc2ccccc2C1C=O. The minimum absolute atomic E-state index is 0.353. The van der Waals surface area contributed by atoms with E-state index < -0.39 is 6.04 Å². The topological polar surface area (TPSA) is 61.8 Å². The summed E-state index contributed by atoms with van der Waals surface area (Å²) in [4.78, 5) is 28.2. The summed E-state index contributed by atoms with van der Waals surface area (Å²) < 4.78 is 0.777. The number of carbonyl (C=O) groups is 2. The van der Waals surface area contributed by atoms with Crippen LogP contribution in [0.5, 0.6) is 0 Å². The van der Waals surface area contributed by atoms with E-state index in [1.165, 1.54) is 11.3 Å². The second-order valence-corrected chi connectivity index (χ2v) is 5.95. The van der Waals surface area contributed by atoms with Crippen molar-refractivity contribution in [2.75, 3.05) is 0 Å². The highest BCUT2D eigenvalue weighted by Crippen LogP contribution is 2.30. The molecule has 0 aliphatic carbocycles.